The fraction of sp³-hybridized carbons (Fsp3) is 0.611. The molecule has 0 aromatic rings. The zero-order valence-corrected chi connectivity index (χ0v) is 13.5. The number of carbonyl (C=O) groups excluding carboxylic acids is 1. The molecule has 1 aliphatic rings. The highest BCUT2D eigenvalue weighted by Gasteiger charge is 2.61. The van der Waals surface area contributed by atoms with Crippen molar-refractivity contribution in [1.82, 2.24) is 0 Å². The molecule has 0 aromatic carbocycles. The van der Waals surface area contributed by atoms with Crippen LogP contribution in [0.4, 0.5) is 0 Å². The summed E-state index contributed by atoms with van der Waals surface area (Å²) in [6.45, 7) is 12.2. The molecule has 1 unspecified atom stereocenters. The van der Waals surface area contributed by atoms with Crippen molar-refractivity contribution >= 4 is 5.97 Å². The summed E-state index contributed by atoms with van der Waals surface area (Å²) in [6.07, 6.45) is 9.99. The average molecular weight is 274 g/mol. The third-order valence-electron chi connectivity index (χ3n) is 4.00. The molecular formula is C18H26O2. The lowest BCUT2D eigenvalue weighted by atomic mass is 10.1. The summed E-state index contributed by atoms with van der Waals surface area (Å²) in [5.41, 5.74) is 2.13. The molecule has 1 fully saturated rings. The van der Waals surface area contributed by atoms with Crippen LogP contribution in [-0.4, -0.2) is 12.1 Å². The molecule has 0 bridgehead atoms. The molecule has 2 nitrogen and oxygen atoms in total. The molecule has 0 saturated heterocycles. The van der Waals surface area contributed by atoms with Gasteiger partial charge in [0.2, 0.25) is 0 Å². The van der Waals surface area contributed by atoms with Crippen LogP contribution < -0.4 is 0 Å². The van der Waals surface area contributed by atoms with Crippen molar-refractivity contribution in [3.8, 4) is 12.3 Å². The van der Waals surface area contributed by atoms with Crippen LogP contribution in [-0.2, 0) is 9.53 Å². The summed E-state index contributed by atoms with van der Waals surface area (Å²) in [6, 6.07) is 0. The number of ether oxygens (including phenoxy) is 1. The minimum absolute atomic E-state index is 0.0319. The maximum Gasteiger partial charge on any atom is 0.311 e. The minimum Gasteiger partial charge on any atom is -0.444 e. The Bertz CT molecular complexity index is 470. The van der Waals surface area contributed by atoms with Crippen LogP contribution in [0.3, 0.4) is 0 Å². The molecular weight excluding hydrogens is 248 g/mol. The Labute approximate surface area is 123 Å². The monoisotopic (exact) mass is 274 g/mol. The number of hydrogen-bond donors (Lipinski definition) is 0. The van der Waals surface area contributed by atoms with Gasteiger partial charge < -0.3 is 4.74 Å². The summed E-state index contributed by atoms with van der Waals surface area (Å²) >= 11 is 0. The van der Waals surface area contributed by atoms with Crippen molar-refractivity contribution in [3.63, 3.8) is 0 Å². The van der Waals surface area contributed by atoms with Crippen molar-refractivity contribution in [3.05, 3.63) is 23.3 Å². The van der Waals surface area contributed by atoms with Gasteiger partial charge in [0, 0.05) is 0 Å². The molecule has 0 radical (unpaired) electrons. The normalized spacial score (nSPS) is 25.4. The van der Waals surface area contributed by atoms with Crippen molar-refractivity contribution in [2.75, 3.05) is 0 Å². The molecule has 0 aliphatic heterocycles. The van der Waals surface area contributed by atoms with Crippen LogP contribution in [0.25, 0.3) is 0 Å². The number of hydrogen-bond acceptors (Lipinski definition) is 2. The van der Waals surface area contributed by atoms with Crippen molar-refractivity contribution < 1.29 is 9.53 Å². The van der Waals surface area contributed by atoms with E-state index in [1.807, 2.05) is 19.9 Å². The van der Waals surface area contributed by atoms with Gasteiger partial charge >= 0.3 is 5.97 Å². The maximum absolute atomic E-state index is 12.3. The third kappa shape index (κ3) is 3.54. The molecule has 0 aromatic heterocycles. The number of carbonyl (C=O) groups is 1. The first-order valence-corrected chi connectivity index (χ1v) is 7.24. The Morgan fingerprint density at radius 2 is 2.00 bits per heavy atom. The van der Waals surface area contributed by atoms with Gasteiger partial charge in [-0.3, -0.25) is 4.79 Å². The summed E-state index contributed by atoms with van der Waals surface area (Å²) in [7, 11) is 0. The lowest BCUT2D eigenvalue weighted by Crippen LogP contribution is -2.20. The van der Waals surface area contributed by atoms with Gasteiger partial charge in [0.25, 0.3) is 0 Å². The van der Waals surface area contributed by atoms with E-state index in [2.05, 4.69) is 39.7 Å². The lowest BCUT2D eigenvalue weighted by molar-refractivity contribution is -0.147. The van der Waals surface area contributed by atoms with E-state index in [0.717, 1.165) is 12.0 Å². The van der Waals surface area contributed by atoms with Crippen LogP contribution >= 0.6 is 0 Å². The van der Waals surface area contributed by atoms with Gasteiger partial charge in [0.05, 0.1) is 5.92 Å². The predicted octanol–water partition coefficient (Wildman–Crippen LogP) is 4.13. The Balaban J connectivity index is 2.76. The first kappa shape index (κ1) is 16.6. The van der Waals surface area contributed by atoms with Gasteiger partial charge in [0.15, 0.2) is 6.10 Å². The van der Waals surface area contributed by atoms with Crippen molar-refractivity contribution in [1.29, 1.82) is 0 Å². The van der Waals surface area contributed by atoms with Gasteiger partial charge in [-0.25, -0.2) is 0 Å². The highest BCUT2D eigenvalue weighted by atomic mass is 16.5. The molecule has 0 N–H and O–H groups in total. The number of rotatable bonds is 5. The van der Waals surface area contributed by atoms with E-state index in [1.165, 1.54) is 5.57 Å². The molecule has 0 amide bonds. The minimum atomic E-state index is -0.536. The van der Waals surface area contributed by atoms with Gasteiger partial charge in [-0.1, -0.05) is 44.4 Å². The molecule has 1 rings (SSSR count). The van der Waals surface area contributed by atoms with E-state index in [1.54, 1.807) is 0 Å². The summed E-state index contributed by atoms with van der Waals surface area (Å²) in [5.74, 6) is 2.56. The maximum atomic E-state index is 12.3. The van der Waals surface area contributed by atoms with E-state index < -0.39 is 6.10 Å². The van der Waals surface area contributed by atoms with Crippen LogP contribution in [0.5, 0.6) is 0 Å². The summed E-state index contributed by atoms with van der Waals surface area (Å²) in [4.78, 5) is 12.3. The quantitative estimate of drug-likeness (QED) is 0.428. The first-order chi connectivity index (χ1) is 9.25. The SMILES string of the molecule is C#CC(OC(=O)[C@H]1[C@@H](C=C(C)C)C1(C)C)C(C)=CCC. The summed E-state index contributed by atoms with van der Waals surface area (Å²) < 4.78 is 5.51. The van der Waals surface area contributed by atoms with Gasteiger partial charge in [-0.05, 0) is 44.1 Å². The fourth-order valence-corrected chi connectivity index (χ4v) is 2.67. The largest absolute Gasteiger partial charge is 0.444 e. The molecule has 2 heteroatoms. The topological polar surface area (TPSA) is 26.3 Å². The standard InChI is InChI=1S/C18H26O2/c1-8-10-13(5)15(9-2)20-17(19)16-14(11-12(3)4)18(16,6)7/h2,10-11,14-16H,8H2,1,3-7H3/t14-,15?,16-/m1/s1. The Morgan fingerprint density at radius 1 is 1.40 bits per heavy atom. The first-order valence-electron chi connectivity index (χ1n) is 7.24. The average Bonchev–Trinajstić information content (AvgIpc) is 2.86. The van der Waals surface area contributed by atoms with Crippen molar-refractivity contribution in [2.24, 2.45) is 17.3 Å². The molecule has 3 atom stereocenters. The molecule has 0 spiro atoms. The Hall–Kier alpha value is -1.49. The smallest absolute Gasteiger partial charge is 0.311 e. The zero-order valence-electron chi connectivity index (χ0n) is 13.5. The Morgan fingerprint density at radius 3 is 2.45 bits per heavy atom. The van der Waals surface area contributed by atoms with Crippen LogP contribution in [0, 0.1) is 29.6 Å². The number of esters is 1. The third-order valence-corrected chi connectivity index (χ3v) is 4.00. The highest BCUT2D eigenvalue weighted by molar-refractivity contribution is 5.79. The highest BCUT2D eigenvalue weighted by Crippen LogP contribution is 2.59. The molecule has 0 heterocycles. The number of allylic oxidation sites excluding steroid dienone is 3. The van der Waals surface area contributed by atoms with E-state index in [-0.39, 0.29) is 23.2 Å². The molecule has 1 aliphatic carbocycles. The van der Waals surface area contributed by atoms with Crippen molar-refractivity contribution in [2.45, 2.75) is 54.1 Å². The van der Waals surface area contributed by atoms with Crippen LogP contribution in [0.15, 0.2) is 23.3 Å². The van der Waals surface area contributed by atoms with E-state index in [4.69, 9.17) is 11.2 Å². The van der Waals surface area contributed by atoms with Crippen LogP contribution in [0.2, 0.25) is 0 Å². The zero-order chi connectivity index (χ0) is 15.5. The molecule has 20 heavy (non-hydrogen) atoms. The van der Waals surface area contributed by atoms with Gasteiger partial charge in [0.1, 0.15) is 0 Å². The van der Waals surface area contributed by atoms with E-state index in [9.17, 15) is 4.79 Å². The second kappa shape index (κ2) is 6.31. The second-order valence-electron chi connectivity index (χ2n) is 6.41. The second-order valence-corrected chi connectivity index (χ2v) is 6.41. The van der Waals surface area contributed by atoms with E-state index in [0.29, 0.717) is 0 Å². The molecule has 1 saturated carbocycles. The number of terminal acetylenes is 1. The van der Waals surface area contributed by atoms with E-state index >= 15 is 0 Å². The summed E-state index contributed by atoms with van der Waals surface area (Å²) in [5, 5.41) is 0. The fourth-order valence-electron chi connectivity index (χ4n) is 2.67. The predicted molar refractivity (Wildman–Crippen MR) is 83.0 cm³/mol. The Kier molecular flexibility index (Phi) is 5.22. The van der Waals surface area contributed by atoms with Crippen LogP contribution in [0.1, 0.15) is 48.0 Å². The van der Waals surface area contributed by atoms with Gasteiger partial charge in [-0.2, -0.15) is 0 Å². The van der Waals surface area contributed by atoms with Gasteiger partial charge in [-0.15, -0.1) is 6.42 Å². The lowest BCUT2D eigenvalue weighted by Gasteiger charge is -2.13. The molecule has 110 valence electrons.